The van der Waals surface area contributed by atoms with Crippen molar-refractivity contribution in [3.8, 4) is 0 Å². The van der Waals surface area contributed by atoms with Crippen LogP contribution < -0.4 is 5.32 Å². The first-order valence-electron chi connectivity index (χ1n) is 6.41. The molecule has 1 heterocycles. The maximum atomic E-state index is 12.3. The van der Waals surface area contributed by atoms with Crippen molar-refractivity contribution in [1.29, 1.82) is 0 Å². The number of rotatable bonds is 6. The van der Waals surface area contributed by atoms with E-state index in [1.807, 2.05) is 4.90 Å². The predicted octanol–water partition coefficient (Wildman–Crippen LogP) is 2.35. The van der Waals surface area contributed by atoms with Crippen LogP contribution in [-0.4, -0.2) is 43.5 Å². The summed E-state index contributed by atoms with van der Waals surface area (Å²) in [6, 6.07) is 0.527. The van der Waals surface area contributed by atoms with Crippen LogP contribution in [0, 0.1) is 5.92 Å². The van der Waals surface area contributed by atoms with E-state index in [2.05, 4.69) is 19.2 Å². The zero-order valence-electron chi connectivity index (χ0n) is 10.4. The van der Waals surface area contributed by atoms with Gasteiger partial charge in [-0.1, -0.05) is 20.3 Å². The first kappa shape index (κ1) is 13.8. The van der Waals surface area contributed by atoms with E-state index in [4.69, 9.17) is 0 Å². The van der Waals surface area contributed by atoms with E-state index in [1.54, 1.807) is 0 Å². The second-order valence-electron chi connectivity index (χ2n) is 4.67. The minimum absolute atomic E-state index is 0.0585. The number of hydrogen-bond donors (Lipinski definition) is 1. The summed E-state index contributed by atoms with van der Waals surface area (Å²) < 4.78 is 24.6. The third kappa shape index (κ3) is 4.34. The monoisotopic (exact) mass is 234 g/mol. The SMILES string of the molecule is CCCNC1CCN(CC(F)F)CC1CC. The third-order valence-electron chi connectivity index (χ3n) is 3.40. The van der Waals surface area contributed by atoms with Crippen LogP contribution in [0.3, 0.4) is 0 Å². The summed E-state index contributed by atoms with van der Waals surface area (Å²) >= 11 is 0. The molecule has 0 aromatic rings. The van der Waals surface area contributed by atoms with Crippen molar-refractivity contribution in [2.75, 3.05) is 26.2 Å². The van der Waals surface area contributed by atoms with E-state index < -0.39 is 6.43 Å². The molecule has 1 aliphatic rings. The normalized spacial score (nSPS) is 27.6. The molecule has 0 radical (unpaired) electrons. The fourth-order valence-corrected chi connectivity index (χ4v) is 2.48. The Bertz CT molecular complexity index is 188. The average Bonchev–Trinajstić information content (AvgIpc) is 2.26. The molecule has 1 saturated heterocycles. The largest absolute Gasteiger partial charge is 0.314 e. The topological polar surface area (TPSA) is 15.3 Å². The quantitative estimate of drug-likeness (QED) is 0.759. The predicted molar refractivity (Wildman–Crippen MR) is 62.9 cm³/mol. The van der Waals surface area contributed by atoms with Crippen molar-refractivity contribution in [3.63, 3.8) is 0 Å². The fraction of sp³-hybridized carbons (Fsp3) is 1.00. The van der Waals surface area contributed by atoms with Gasteiger partial charge in [0.15, 0.2) is 0 Å². The van der Waals surface area contributed by atoms with Gasteiger partial charge in [-0.25, -0.2) is 8.78 Å². The van der Waals surface area contributed by atoms with Gasteiger partial charge in [0.05, 0.1) is 6.54 Å². The molecule has 0 spiro atoms. The maximum Gasteiger partial charge on any atom is 0.251 e. The summed E-state index contributed by atoms with van der Waals surface area (Å²) in [5, 5.41) is 3.53. The fourth-order valence-electron chi connectivity index (χ4n) is 2.48. The van der Waals surface area contributed by atoms with E-state index in [0.29, 0.717) is 12.0 Å². The second-order valence-corrected chi connectivity index (χ2v) is 4.67. The van der Waals surface area contributed by atoms with Crippen molar-refractivity contribution in [2.24, 2.45) is 5.92 Å². The number of alkyl halides is 2. The van der Waals surface area contributed by atoms with Crippen molar-refractivity contribution in [2.45, 2.75) is 45.6 Å². The van der Waals surface area contributed by atoms with Crippen LogP contribution in [0.5, 0.6) is 0 Å². The smallest absolute Gasteiger partial charge is 0.251 e. The number of halogens is 2. The van der Waals surface area contributed by atoms with Crippen LogP contribution in [0.25, 0.3) is 0 Å². The number of nitrogens with zero attached hydrogens (tertiary/aromatic N) is 1. The number of hydrogen-bond acceptors (Lipinski definition) is 2. The van der Waals surface area contributed by atoms with Crippen molar-refractivity contribution >= 4 is 0 Å². The minimum atomic E-state index is -2.20. The summed E-state index contributed by atoms with van der Waals surface area (Å²) in [5.74, 6) is 0.527. The van der Waals surface area contributed by atoms with E-state index in [9.17, 15) is 8.78 Å². The highest BCUT2D eigenvalue weighted by Gasteiger charge is 2.28. The van der Waals surface area contributed by atoms with E-state index in [0.717, 1.165) is 38.9 Å². The molecule has 2 atom stereocenters. The molecule has 4 heteroatoms. The molecule has 2 nitrogen and oxygen atoms in total. The molecular formula is C12H24F2N2. The zero-order chi connectivity index (χ0) is 12.0. The lowest BCUT2D eigenvalue weighted by Gasteiger charge is -2.38. The molecule has 96 valence electrons. The Morgan fingerprint density at radius 1 is 1.38 bits per heavy atom. The molecule has 0 aliphatic carbocycles. The van der Waals surface area contributed by atoms with Gasteiger partial charge in [-0.05, 0) is 31.8 Å². The molecule has 1 aliphatic heterocycles. The number of piperidine rings is 1. The first-order chi connectivity index (χ1) is 7.67. The lowest BCUT2D eigenvalue weighted by atomic mass is 9.90. The molecule has 16 heavy (non-hydrogen) atoms. The zero-order valence-corrected chi connectivity index (χ0v) is 10.4. The highest BCUT2D eigenvalue weighted by molar-refractivity contribution is 4.84. The molecule has 2 unspecified atom stereocenters. The third-order valence-corrected chi connectivity index (χ3v) is 3.40. The van der Waals surface area contributed by atoms with Crippen molar-refractivity contribution in [1.82, 2.24) is 10.2 Å². The molecule has 1 rings (SSSR count). The van der Waals surface area contributed by atoms with Gasteiger partial charge < -0.3 is 5.32 Å². The molecule has 1 fully saturated rings. The van der Waals surface area contributed by atoms with Gasteiger partial charge in [-0.3, -0.25) is 4.90 Å². The maximum absolute atomic E-state index is 12.3. The van der Waals surface area contributed by atoms with Crippen molar-refractivity contribution < 1.29 is 8.78 Å². The van der Waals surface area contributed by atoms with Gasteiger partial charge in [0, 0.05) is 12.6 Å². The summed E-state index contributed by atoms with van der Waals surface area (Å²) in [4.78, 5) is 1.91. The Hall–Kier alpha value is -0.220. The van der Waals surface area contributed by atoms with Gasteiger partial charge in [-0.2, -0.15) is 0 Å². The average molecular weight is 234 g/mol. The van der Waals surface area contributed by atoms with Gasteiger partial charge in [0.1, 0.15) is 0 Å². The second kappa shape index (κ2) is 7.17. The van der Waals surface area contributed by atoms with Gasteiger partial charge in [0.25, 0.3) is 6.43 Å². The van der Waals surface area contributed by atoms with Gasteiger partial charge >= 0.3 is 0 Å². The number of nitrogens with one attached hydrogen (secondary N) is 1. The molecule has 1 N–H and O–H groups in total. The van der Waals surface area contributed by atoms with Gasteiger partial charge in [-0.15, -0.1) is 0 Å². The van der Waals surface area contributed by atoms with Crippen LogP contribution in [0.2, 0.25) is 0 Å². The Morgan fingerprint density at radius 3 is 2.69 bits per heavy atom. The Balaban J connectivity index is 2.37. The lowest BCUT2D eigenvalue weighted by molar-refractivity contribution is 0.0535. The van der Waals surface area contributed by atoms with Crippen LogP contribution in [-0.2, 0) is 0 Å². The summed E-state index contributed by atoms with van der Waals surface area (Å²) in [7, 11) is 0. The Morgan fingerprint density at radius 2 is 2.12 bits per heavy atom. The molecule has 0 aromatic heterocycles. The van der Waals surface area contributed by atoms with Gasteiger partial charge in [0.2, 0.25) is 0 Å². The first-order valence-corrected chi connectivity index (χ1v) is 6.41. The Labute approximate surface area is 97.4 Å². The standard InChI is InChI=1S/C12H24F2N2/c1-3-6-15-11-5-7-16(9-12(13)14)8-10(11)4-2/h10-12,15H,3-9H2,1-2H3. The van der Waals surface area contributed by atoms with E-state index in [-0.39, 0.29) is 6.54 Å². The van der Waals surface area contributed by atoms with Crippen molar-refractivity contribution in [3.05, 3.63) is 0 Å². The summed E-state index contributed by atoms with van der Waals surface area (Å²) in [5.41, 5.74) is 0. The molecule has 0 amide bonds. The summed E-state index contributed by atoms with van der Waals surface area (Å²) in [6.07, 6.45) is 1.01. The number of likely N-dealkylation sites (tertiary alicyclic amines) is 1. The minimum Gasteiger partial charge on any atom is -0.314 e. The highest BCUT2D eigenvalue weighted by Crippen LogP contribution is 2.20. The van der Waals surface area contributed by atoms with Crippen LogP contribution in [0.15, 0.2) is 0 Å². The Kier molecular flexibility index (Phi) is 6.21. The molecular weight excluding hydrogens is 210 g/mol. The van der Waals surface area contributed by atoms with E-state index >= 15 is 0 Å². The molecule has 0 aromatic carbocycles. The van der Waals surface area contributed by atoms with Crippen LogP contribution in [0.1, 0.15) is 33.1 Å². The molecule has 0 bridgehead atoms. The molecule has 0 saturated carbocycles. The highest BCUT2D eigenvalue weighted by atomic mass is 19.3. The van der Waals surface area contributed by atoms with E-state index in [1.165, 1.54) is 0 Å². The lowest BCUT2D eigenvalue weighted by Crippen LogP contribution is -2.50. The summed E-state index contributed by atoms with van der Waals surface area (Å²) in [6.45, 7) is 6.91. The van der Waals surface area contributed by atoms with Crippen LogP contribution >= 0.6 is 0 Å². The van der Waals surface area contributed by atoms with Crippen LogP contribution in [0.4, 0.5) is 8.78 Å².